The summed E-state index contributed by atoms with van der Waals surface area (Å²) in [6, 6.07) is 17.7. The van der Waals surface area contributed by atoms with Crippen LogP contribution in [0.1, 0.15) is 42.2 Å². The molecule has 2 aliphatic heterocycles. The maximum Gasteiger partial charge on any atom is 0.524 e. The predicted octanol–water partition coefficient (Wildman–Crippen LogP) is 6.13. The van der Waals surface area contributed by atoms with E-state index >= 15 is 0 Å². The fourth-order valence-electron chi connectivity index (χ4n) is 8.67. The summed E-state index contributed by atoms with van der Waals surface area (Å²) in [5.41, 5.74) is 6.75. The summed E-state index contributed by atoms with van der Waals surface area (Å²) in [7, 11) is -4.90. The summed E-state index contributed by atoms with van der Waals surface area (Å²) < 4.78 is 22.3. The minimum atomic E-state index is -4.90. The van der Waals surface area contributed by atoms with E-state index in [1.165, 1.54) is 6.07 Å². The molecule has 14 heteroatoms. The van der Waals surface area contributed by atoms with E-state index in [-0.39, 0.29) is 46.9 Å². The standard InChI is InChI=1S/C34H30Cl2N3O8P/c35-11-18-13-38(24-9-26(46-32(37)42)20-5-1-3-7-22(20)28(18)24)30(40)33-15-34(16-33,17-33)31(41)39-14-19(12-36)29-23-8-4-2-6-21(23)27(10-25(29)39)47-48(43,44)45/h1-10,18-19H,11-17H2,(H2,37,42)(H2,43,44,45)/t18-,19-,33?,34?/m1/s1. The molecule has 4 aromatic rings. The first-order chi connectivity index (χ1) is 22.9. The number of hydrogen-bond acceptors (Lipinski definition) is 6. The van der Waals surface area contributed by atoms with Gasteiger partial charge >= 0.3 is 13.9 Å². The van der Waals surface area contributed by atoms with Crippen molar-refractivity contribution in [1.82, 2.24) is 0 Å². The summed E-state index contributed by atoms with van der Waals surface area (Å²) in [5.74, 6) is 0.152. The summed E-state index contributed by atoms with van der Waals surface area (Å²) in [5, 5.41) is 2.74. The number of anilines is 2. The number of carbonyl (C=O) groups is 3. The van der Waals surface area contributed by atoms with Crippen LogP contribution in [0.4, 0.5) is 16.2 Å². The third kappa shape index (κ3) is 4.55. The number of alkyl halides is 2. The summed E-state index contributed by atoms with van der Waals surface area (Å²) >= 11 is 12.8. The number of nitrogens with two attached hydrogens (primary N) is 1. The lowest BCUT2D eigenvalue weighted by atomic mass is 9.34. The van der Waals surface area contributed by atoms with E-state index < -0.39 is 24.7 Å². The van der Waals surface area contributed by atoms with Gasteiger partial charge in [0.1, 0.15) is 11.5 Å². The fourth-order valence-corrected chi connectivity index (χ4v) is 9.58. The second-order valence-electron chi connectivity index (χ2n) is 13.3. The van der Waals surface area contributed by atoms with Crippen molar-refractivity contribution in [2.45, 2.75) is 31.1 Å². The number of fused-ring (bicyclic) bond motifs is 6. The van der Waals surface area contributed by atoms with Gasteiger partial charge in [0, 0.05) is 59.6 Å². The zero-order chi connectivity index (χ0) is 33.7. The van der Waals surface area contributed by atoms with Crippen LogP contribution in [0.5, 0.6) is 11.5 Å². The molecule has 3 aliphatic carbocycles. The Morgan fingerprint density at radius 1 is 0.771 bits per heavy atom. The Kier molecular flexibility index (Phi) is 7.08. The number of amides is 3. The third-order valence-electron chi connectivity index (χ3n) is 10.5. The minimum absolute atomic E-state index is 0.0244. The quantitative estimate of drug-likeness (QED) is 0.153. The van der Waals surface area contributed by atoms with E-state index in [1.54, 1.807) is 28.0 Å². The second kappa shape index (κ2) is 10.8. The molecule has 0 unspecified atom stereocenters. The van der Waals surface area contributed by atoms with Crippen LogP contribution in [0.3, 0.4) is 0 Å². The van der Waals surface area contributed by atoms with Crippen molar-refractivity contribution in [1.29, 1.82) is 0 Å². The van der Waals surface area contributed by atoms with Crippen molar-refractivity contribution >= 4 is 81.9 Å². The molecule has 9 rings (SSSR count). The molecule has 0 saturated heterocycles. The molecule has 2 atom stereocenters. The molecule has 3 amide bonds. The van der Waals surface area contributed by atoms with Gasteiger partial charge in [-0.05, 0) is 41.2 Å². The summed E-state index contributed by atoms with van der Waals surface area (Å²) in [6.07, 6.45) is 0.135. The topological polar surface area (TPSA) is 160 Å². The molecular weight excluding hydrogens is 680 g/mol. The number of rotatable bonds is 7. The van der Waals surface area contributed by atoms with Gasteiger partial charge in [0.2, 0.25) is 11.8 Å². The highest BCUT2D eigenvalue weighted by atomic mass is 35.5. The third-order valence-corrected chi connectivity index (χ3v) is 11.7. The monoisotopic (exact) mass is 709 g/mol. The predicted molar refractivity (Wildman–Crippen MR) is 181 cm³/mol. The number of hydrogen-bond donors (Lipinski definition) is 3. The van der Waals surface area contributed by atoms with Gasteiger partial charge in [-0.2, -0.15) is 0 Å². The van der Waals surface area contributed by atoms with E-state index in [0.29, 0.717) is 59.9 Å². The molecule has 5 aliphatic rings. The lowest BCUT2D eigenvalue weighted by molar-refractivity contribution is -0.204. The first kappa shape index (κ1) is 31.4. The van der Waals surface area contributed by atoms with Crippen LogP contribution >= 0.6 is 31.0 Å². The number of carbonyl (C=O) groups excluding carboxylic acids is 3. The van der Waals surface area contributed by atoms with Crippen LogP contribution in [0, 0.1) is 10.8 Å². The average molecular weight is 711 g/mol. The molecule has 2 bridgehead atoms. The van der Waals surface area contributed by atoms with Gasteiger partial charge in [-0.3, -0.25) is 19.4 Å². The van der Waals surface area contributed by atoms with Gasteiger partial charge in [-0.25, -0.2) is 9.36 Å². The minimum Gasteiger partial charge on any atom is -0.410 e. The first-order valence-electron chi connectivity index (χ1n) is 15.5. The highest BCUT2D eigenvalue weighted by Gasteiger charge is 2.76. The zero-order valence-corrected chi connectivity index (χ0v) is 27.8. The number of nitrogens with zero attached hydrogens (tertiary/aromatic N) is 2. The average Bonchev–Trinajstić information content (AvgIpc) is 3.57. The smallest absolute Gasteiger partial charge is 0.410 e. The summed E-state index contributed by atoms with van der Waals surface area (Å²) in [4.78, 5) is 63.0. The van der Waals surface area contributed by atoms with E-state index in [9.17, 15) is 28.7 Å². The maximum absolute atomic E-state index is 14.3. The molecule has 0 radical (unpaired) electrons. The van der Waals surface area contributed by atoms with Gasteiger partial charge in [0.15, 0.2) is 0 Å². The largest absolute Gasteiger partial charge is 0.524 e. The van der Waals surface area contributed by atoms with Gasteiger partial charge in [-0.1, -0.05) is 48.5 Å². The van der Waals surface area contributed by atoms with E-state index in [1.807, 2.05) is 36.4 Å². The number of benzene rings is 4. The van der Waals surface area contributed by atoms with Crippen LogP contribution in [0.25, 0.3) is 21.5 Å². The van der Waals surface area contributed by atoms with Crippen molar-refractivity contribution in [2.24, 2.45) is 16.6 Å². The van der Waals surface area contributed by atoms with Crippen molar-refractivity contribution in [3.8, 4) is 11.5 Å². The second-order valence-corrected chi connectivity index (χ2v) is 15.1. The number of primary amides is 1. The molecule has 248 valence electrons. The molecule has 0 aromatic heterocycles. The number of phosphoric ester groups is 1. The normalized spacial score (nSPS) is 25.3. The van der Waals surface area contributed by atoms with Crippen molar-refractivity contribution in [3.63, 3.8) is 0 Å². The Balaban J connectivity index is 1.10. The SMILES string of the molecule is NC(=O)Oc1cc2c(c3ccccc13)[C@H](CCl)CN2C(=O)C12CC(C(=O)N3C[C@@H](CCl)c4c3cc(OP(=O)(O)O)c3ccccc43)(C1)C2. The first-order valence-corrected chi connectivity index (χ1v) is 18.1. The van der Waals surface area contributed by atoms with E-state index in [4.69, 9.17) is 38.2 Å². The van der Waals surface area contributed by atoms with Crippen LogP contribution in [-0.4, -0.2) is 52.5 Å². The number of ether oxygens (including phenoxy) is 1. The van der Waals surface area contributed by atoms with Crippen LogP contribution in [0.15, 0.2) is 60.7 Å². The van der Waals surface area contributed by atoms with Gasteiger partial charge < -0.3 is 24.8 Å². The van der Waals surface area contributed by atoms with Crippen LogP contribution < -0.4 is 24.8 Å². The Bertz CT molecular complexity index is 2120. The Morgan fingerprint density at radius 3 is 1.60 bits per heavy atom. The Morgan fingerprint density at radius 2 is 1.19 bits per heavy atom. The number of phosphoric acid groups is 1. The highest BCUT2D eigenvalue weighted by molar-refractivity contribution is 7.46. The van der Waals surface area contributed by atoms with Crippen LogP contribution in [-0.2, 0) is 14.2 Å². The molecule has 3 saturated carbocycles. The molecule has 11 nitrogen and oxygen atoms in total. The lowest BCUT2D eigenvalue weighted by Crippen LogP contribution is -2.73. The van der Waals surface area contributed by atoms with Gasteiger partial charge in [-0.15, -0.1) is 23.2 Å². The molecule has 4 N–H and O–H groups in total. The lowest BCUT2D eigenvalue weighted by Gasteiger charge is -2.69. The fraction of sp³-hybridized carbons (Fsp3) is 0.324. The van der Waals surface area contributed by atoms with E-state index in [2.05, 4.69) is 0 Å². The maximum atomic E-state index is 14.3. The number of halogens is 2. The molecule has 0 spiro atoms. The van der Waals surface area contributed by atoms with Crippen LogP contribution in [0.2, 0.25) is 0 Å². The van der Waals surface area contributed by atoms with Gasteiger partial charge in [0.05, 0.1) is 22.2 Å². The van der Waals surface area contributed by atoms with Crippen molar-refractivity contribution in [2.75, 3.05) is 34.6 Å². The molecule has 48 heavy (non-hydrogen) atoms. The highest BCUT2D eigenvalue weighted by Crippen LogP contribution is 2.75. The van der Waals surface area contributed by atoms with Gasteiger partial charge in [0.25, 0.3) is 0 Å². The Labute approximate surface area is 284 Å². The summed E-state index contributed by atoms with van der Waals surface area (Å²) in [6.45, 7) is 0.660. The zero-order valence-electron chi connectivity index (χ0n) is 25.4. The molecule has 4 aromatic carbocycles. The van der Waals surface area contributed by atoms with E-state index in [0.717, 1.165) is 16.5 Å². The van der Waals surface area contributed by atoms with Crippen molar-refractivity contribution in [3.05, 3.63) is 71.8 Å². The Hall–Kier alpha value is -3.86. The van der Waals surface area contributed by atoms with Crippen molar-refractivity contribution < 1.29 is 38.0 Å². The molecular formula is C34H30Cl2N3O8P. The molecule has 2 heterocycles. The molecule has 3 fully saturated rings.